The SMILES string of the molecule is COc1ccc(OC)c2c(-c3ccccc3[N+](=O)[O-])cc(=O)[nH]c12. The van der Waals surface area contributed by atoms with Crippen molar-refractivity contribution in [3.63, 3.8) is 0 Å². The van der Waals surface area contributed by atoms with E-state index in [9.17, 15) is 14.9 Å². The van der Waals surface area contributed by atoms with Crippen LogP contribution in [0.5, 0.6) is 11.5 Å². The van der Waals surface area contributed by atoms with Crippen LogP contribution in [0.2, 0.25) is 0 Å². The van der Waals surface area contributed by atoms with E-state index in [0.717, 1.165) is 0 Å². The predicted molar refractivity (Wildman–Crippen MR) is 89.8 cm³/mol. The number of hydrogen-bond donors (Lipinski definition) is 1. The Morgan fingerprint density at radius 2 is 1.67 bits per heavy atom. The monoisotopic (exact) mass is 326 g/mol. The van der Waals surface area contributed by atoms with E-state index >= 15 is 0 Å². The first-order valence-corrected chi connectivity index (χ1v) is 7.08. The molecule has 0 radical (unpaired) electrons. The normalized spacial score (nSPS) is 10.6. The molecular weight excluding hydrogens is 312 g/mol. The smallest absolute Gasteiger partial charge is 0.277 e. The van der Waals surface area contributed by atoms with Crippen LogP contribution in [0.3, 0.4) is 0 Å². The molecule has 3 aromatic rings. The van der Waals surface area contributed by atoms with Gasteiger partial charge in [-0.1, -0.05) is 12.1 Å². The van der Waals surface area contributed by atoms with Gasteiger partial charge >= 0.3 is 0 Å². The highest BCUT2D eigenvalue weighted by Crippen LogP contribution is 2.40. The first-order chi connectivity index (χ1) is 11.6. The minimum atomic E-state index is -0.477. The summed E-state index contributed by atoms with van der Waals surface area (Å²) < 4.78 is 10.7. The number of fused-ring (bicyclic) bond motifs is 1. The molecule has 0 amide bonds. The highest BCUT2D eigenvalue weighted by molar-refractivity contribution is 6.03. The summed E-state index contributed by atoms with van der Waals surface area (Å²) in [6, 6.07) is 10.9. The van der Waals surface area contributed by atoms with Gasteiger partial charge in [0.2, 0.25) is 5.56 Å². The maximum atomic E-state index is 12.1. The summed E-state index contributed by atoms with van der Waals surface area (Å²) in [7, 11) is 2.98. The molecule has 0 saturated heterocycles. The molecule has 0 aliphatic rings. The zero-order chi connectivity index (χ0) is 17.3. The summed E-state index contributed by atoms with van der Waals surface area (Å²) in [5, 5.41) is 11.9. The Morgan fingerprint density at radius 3 is 2.33 bits per heavy atom. The van der Waals surface area contributed by atoms with Crippen LogP contribution in [0.25, 0.3) is 22.0 Å². The molecule has 0 aliphatic carbocycles. The van der Waals surface area contributed by atoms with E-state index in [1.165, 1.54) is 26.4 Å². The lowest BCUT2D eigenvalue weighted by molar-refractivity contribution is -0.384. The number of aromatic amines is 1. The molecule has 0 aliphatic heterocycles. The Kier molecular flexibility index (Phi) is 3.91. The standard InChI is InChI=1S/C17H14N2O5/c1-23-13-7-8-14(24-2)17-16(13)11(9-15(20)18-17)10-5-3-4-6-12(10)19(21)22/h3-9H,1-2H3,(H,18,20). The summed E-state index contributed by atoms with van der Waals surface area (Å²) in [6.45, 7) is 0. The fraction of sp³-hybridized carbons (Fsp3) is 0.118. The van der Waals surface area contributed by atoms with Crippen molar-refractivity contribution < 1.29 is 14.4 Å². The third kappa shape index (κ3) is 2.45. The van der Waals surface area contributed by atoms with Gasteiger partial charge in [0.15, 0.2) is 0 Å². The number of aromatic nitrogens is 1. The number of para-hydroxylation sites is 1. The minimum absolute atomic E-state index is 0.0886. The van der Waals surface area contributed by atoms with E-state index in [1.54, 1.807) is 30.3 Å². The summed E-state index contributed by atoms with van der Waals surface area (Å²) in [5.41, 5.74) is 0.705. The number of ether oxygens (including phenoxy) is 2. The first-order valence-electron chi connectivity index (χ1n) is 7.08. The van der Waals surface area contributed by atoms with Crippen LogP contribution in [-0.2, 0) is 0 Å². The topological polar surface area (TPSA) is 94.5 Å². The van der Waals surface area contributed by atoms with Gasteiger partial charge in [-0.25, -0.2) is 0 Å². The molecule has 24 heavy (non-hydrogen) atoms. The van der Waals surface area contributed by atoms with Gasteiger partial charge in [0, 0.05) is 17.7 Å². The molecule has 0 bridgehead atoms. The van der Waals surface area contributed by atoms with E-state index in [0.29, 0.717) is 33.5 Å². The molecule has 0 unspecified atom stereocenters. The number of nitro groups is 1. The van der Waals surface area contributed by atoms with Gasteiger partial charge in [-0.05, 0) is 18.2 Å². The van der Waals surface area contributed by atoms with Crippen molar-refractivity contribution >= 4 is 16.6 Å². The summed E-state index contributed by atoms with van der Waals surface area (Å²) >= 11 is 0. The van der Waals surface area contributed by atoms with Crippen LogP contribution in [-0.4, -0.2) is 24.1 Å². The van der Waals surface area contributed by atoms with Crippen molar-refractivity contribution in [1.29, 1.82) is 0 Å². The number of benzene rings is 2. The van der Waals surface area contributed by atoms with Crippen molar-refractivity contribution in [3.8, 4) is 22.6 Å². The van der Waals surface area contributed by atoms with Crippen molar-refractivity contribution in [3.05, 3.63) is 62.9 Å². The number of nitrogens with one attached hydrogen (secondary N) is 1. The second-order valence-corrected chi connectivity index (χ2v) is 5.04. The van der Waals surface area contributed by atoms with E-state index in [-0.39, 0.29) is 11.2 Å². The lowest BCUT2D eigenvalue weighted by atomic mass is 9.98. The van der Waals surface area contributed by atoms with Crippen molar-refractivity contribution in [2.45, 2.75) is 0 Å². The van der Waals surface area contributed by atoms with Crippen molar-refractivity contribution in [2.24, 2.45) is 0 Å². The molecule has 2 aromatic carbocycles. The molecule has 3 rings (SSSR count). The highest BCUT2D eigenvalue weighted by atomic mass is 16.6. The second kappa shape index (κ2) is 6.04. The Bertz CT molecular complexity index is 994. The number of pyridine rings is 1. The van der Waals surface area contributed by atoms with Gasteiger partial charge in [0.25, 0.3) is 5.69 Å². The van der Waals surface area contributed by atoms with E-state index < -0.39 is 4.92 Å². The number of rotatable bonds is 4. The van der Waals surface area contributed by atoms with Crippen LogP contribution in [0.4, 0.5) is 5.69 Å². The molecule has 1 aromatic heterocycles. The first kappa shape index (κ1) is 15.5. The maximum absolute atomic E-state index is 12.1. The molecule has 0 spiro atoms. The molecule has 1 heterocycles. The zero-order valence-electron chi connectivity index (χ0n) is 13.0. The van der Waals surface area contributed by atoms with Crippen molar-refractivity contribution in [1.82, 2.24) is 4.98 Å². The van der Waals surface area contributed by atoms with E-state index in [1.807, 2.05) is 0 Å². The molecule has 0 atom stereocenters. The Labute approximate surface area is 136 Å². The minimum Gasteiger partial charge on any atom is -0.496 e. The van der Waals surface area contributed by atoms with Crippen LogP contribution >= 0.6 is 0 Å². The van der Waals surface area contributed by atoms with Crippen molar-refractivity contribution in [2.75, 3.05) is 14.2 Å². The summed E-state index contributed by atoms with van der Waals surface area (Å²) in [5.74, 6) is 0.929. The Hall–Kier alpha value is -3.35. The third-order valence-corrected chi connectivity index (χ3v) is 3.75. The lowest BCUT2D eigenvalue weighted by Gasteiger charge is -2.13. The van der Waals surface area contributed by atoms with Gasteiger partial charge in [-0.15, -0.1) is 0 Å². The molecule has 7 heteroatoms. The molecule has 0 saturated carbocycles. The highest BCUT2D eigenvalue weighted by Gasteiger charge is 2.20. The van der Waals surface area contributed by atoms with E-state index in [2.05, 4.69) is 4.98 Å². The van der Waals surface area contributed by atoms with Crippen LogP contribution < -0.4 is 15.0 Å². The zero-order valence-corrected chi connectivity index (χ0v) is 13.0. The summed E-state index contributed by atoms with van der Waals surface area (Å²) in [4.78, 5) is 25.7. The number of hydrogen-bond acceptors (Lipinski definition) is 5. The van der Waals surface area contributed by atoms with E-state index in [4.69, 9.17) is 9.47 Å². The fourth-order valence-corrected chi connectivity index (χ4v) is 2.73. The summed E-state index contributed by atoms with van der Waals surface area (Å²) in [6.07, 6.45) is 0. The van der Waals surface area contributed by atoms with Gasteiger partial charge in [0.05, 0.1) is 35.6 Å². The second-order valence-electron chi connectivity index (χ2n) is 5.04. The predicted octanol–water partition coefficient (Wildman–Crippen LogP) is 3.12. The maximum Gasteiger partial charge on any atom is 0.277 e. The Balaban J connectivity index is 2.50. The number of nitrogens with zero attached hydrogens (tertiary/aromatic N) is 1. The number of methoxy groups -OCH3 is 2. The molecule has 7 nitrogen and oxygen atoms in total. The molecule has 122 valence electrons. The van der Waals surface area contributed by atoms with Gasteiger partial charge < -0.3 is 14.5 Å². The van der Waals surface area contributed by atoms with Gasteiger partial charge in [0.1, 0.15) is 11.5 Å². The lowest BCUT2D eigenvalue weighted by Crippen LogP contribution is -2.07. The fourth-order valence-electron chi connectivity index (χ4n) is 2.73. The van der Waals surface area contributed by atoms with Gasteiger partial charge in [-0.3, -0.25) is 14.9 Å². The largest absolute Gasteiger partial charge is 0.496 e. The van der Waals surface area contributed by atoms with Gasteiger partial charge in [-0.2, -0.15) is 0 Å². The molecule has 0 fully saturated rings. The average molecular weight is 326 g/mol. The number of nitro benzene ring substituents is 1. The molecule has 1 N–H and O–H groups in total. The van der Waals surface area contributed by atoms with Crippen LogP contribution in [0.1, 0.15) is 0 Å². The third-order valence-electron chi connectivity index (χ3n) is 3.75. The number of H-pyrrole nitrogens is 1. The quantitative estimate of drug-likeness (QED) is 0.587. The average Bonchev–Trinajstić information content (AvgIpc) is 2.59. The molecular formula is C17H14N2O5. The Morgan fingerprint density at radius 1 is 1.00 bits per heavy atom. The van der Waals surface area contributed by atoms with Crippen LogP contribution in [0, 0.1) is 10.1 Å². The van der Waals surface area contributed by atoms with Crippen LogP contribution in [0.15, 0.2) is 47.3 Å².